The Balaban J connectivity index is 1.74. The molecular formula is C20H14N4O7. The summed E-state index contributed by atoms with van der Waals surface area (Å²) in [6, 6.07) is 15.3. The number of hydrogen-bond donors (Lipinski definition) is 2. The van der Waals surface area contributed by atoms with Gasteiger partial charge in [-0.25, -0.2) is 5.43 Å². The van der Waals surface area contributed by atoms with E-state index in [0.29, 0.717) is 5.56 Å². The summed E-state index contributed by atoms with van der Waals surface area (Å²) in [5.41, 5.74) is 1.85. The molecule has 3 aromatic rings. The largest absolute Gasteiger partial charge is 0.507 e. The van der Waals surface area contributed by atoms with E-state index in [4.69, 9.17) is 4.74 Å². The fraction of sp³-hybridized carbons (Fsp3) is 0. The van der Waals surface area contributed by atoms with Crippen molar-refractivity contribution in [2.75, 3.05) is 0 Å². The Hall–Kier alpha value is -4.80. The number of benzene rings is 3. The van der Waals surface area contributed by atoms with Crippen molar-refractivity contribution in [2.45, 2.75) is 0 Å². The summed E-state index contributed by atoms with van der Waals surface area (Å²) < 4.78 is 5.51. The molecule has 0 bridgehead atoms. The lowest BCUT2D eigenvalue weighted by Gasteiger charge is -2.07. The Kier molecular flexibility index (Phi) is 6.16. The van der Waals surface area contributed by atoms with Gasteiger partial charge in [0.2, 0.25) is 5.75 Å². The van der Waals surface area contributed by atoms with Crippen molar-refractivity contribution in [3.05, 3.63) is 98.1 Å². The Morgan fingerprint density at radius 1 is 1.00 bits per heavy atom. The number of nitro groups is 2. The monoisotopic (exact) mass is 422 g/mol. The maximum Gasteiger partial charge on any atom is 0.318 e. The highest BCUT2D eigenvalue weighted by atomic mass is 16.6. The quantitative estimate of drug-likeness (QED) is 0.333. The second-order valence-electron chi connectivity index (χ2n) is 6.06. The Bertz CT molecular complexity index is 1190. The van der Waals surface area contributed by atoms with E-state index in [0.717, 1.165) is 18.2 Å². The van der Waals surface area contributed by atoms with E-state index in [2.05, 4.69) is 10.5 Å². The normalized spacial score (nSPS) is 10.6. The molecule has 3 rings (SSSR count). The zero-order chi connectivity index (χ0) is 22.4. The molecule has 0 aliphatic carbocycles. The SMILES string of the molecule is O=C(N/N=C/c1cccc(Oc2ccc([N+](=O)[O-])cc2[N+](=O)[O-])c1)c1ccccc1O. The van der Waals surface area contributed by atoms with E-state index < -0.39 is 27.1 Å². The van der Waals surface area contributed by atoms with Crippen LogP contribution in [0.1, 0.15) is 15.9 Å². The Labute approximate surface area is 174 Å². The molecule has 0 saturated heterocycles. The molecule has 0 heterocycles. The number of nitrogens with one attached hydrogen (secondary N) is 1. The van der Waals surface area contributed by atoms with Gasteiger partial charge in [0.15, 0.2) is 0 Å². The minimum Gasteiger partial charge on any atom is -0.507 e. The highest BCUT2D eigenvalue weighted by Crippen LogP contribution is 2.34. The number of aromatic hydroxyl groups is 1. The fourth-order valence-corrected chi connectivity index (χ4v) is 2.52. The Morgan fingerprint density at radius 2 is 1.77 bits per heavy atom. The summed E-state index contributed by atoms with van der Waals surface area (Å²) in [6.07, 6.45) is 1.31. The van der Waals surface area contributed by atoms with Gasteiger partial charge < -0.3 is 9.84 Å². The lowest BCUT2D eigenvalue weighted by molar-refractivity contribution is -0.394. The molecule has 0 fully saturated rings. The Morgan fingerprint density at radius 3 is 2.48 bits per heavy atom. The maximum atomic E-state index is 12.0. The first-order chi connectivity index (χ1) is 14.8. The predicted octanol–water partition coefficient (Wildman–Crippen LogP) is 3.76. The lowest BCUT2D eigenvalue weighted by Crippen LogP contribution is -2.17. The molecule has 0 spiro atoms. The van der Waals surface area contributed by atoms with Crippen LogP contribution in [0.3, 0.4) is 0 Å². The van der Waals surface area contributed by atoms with Crippen molar-refractivity contribution in [3.8, 4) is 17.2 Å². The fourth-order valence-electron chi connectivity index (χ4n) is 2.52. The molecule has 31 heavy (non-hydrogen) atoms. The average Bonchev–Trinajstić information content (AvgIpc) is 2.74. The first kappa shape index (κ1) is 20.9. The van der Waals surface area contributed by atoms with Gasteiger partial charge in [-0.15, -0.1) is 0 Å². The molecule has 0 radical (unpaired) electrons. The van der Waals surface area contributed by atoms with Crippen LogP contribution in [0.5, 0.6) is 17.2 Å². The van der Waals surface area contributed by atoms with Crippen LogP contribution in [0.25, 0.3) is 0 Å². The molecule has 0 atom stereocenters. The minimum absolute atomic E-state index is 0.0576. The number of phenolic OH excluding ortho intramolecular Hbond substituents is 1. The second kappa shape index (κ2) is 9.13. The highest BCUT2D eigenvalue weighted by Gasteiger charge is 2.21. The summed E-state index contributed by atoms with van der Waals surface area (Å²) in [6.45, 7) is 0. The summed E-state index contributed by atoms with van der Waals surface area (Å²) in [5.74, 6) is -0.746. The van der Waals surface area contributed by atoms with Crippen molar-refractivity contribution in [3.63, 3.8) is 0 Å². The van der Waals surface area contributed by atoms with Crippen LogP contribution in [0.15, 0.2) is 71.8 Å². The number of ether oxygens (including phenoxy) is 1. The van der Waals surface area contributed by atoms with Crippen LogP contribution in [0.4, 0.5) is 11.4 Å². The van der Waals surface area contributed by atoms with Crippen LogP contribution in [-0.2, 0) is 0 Å². The predicted molar refractivity (Wildman–Crippen MR) is 109 cm³/mol. The smallest absolute Gasteiger partial charge is 0.318 e. The number of nitrogens with zero attached hydrogens (tertiary/aromatic N) is 3. The molecule has 11 heteroatoms. The number of rotatable bonds is 7. The average molecular weight is 422 g/mol. The van der Waals surface area contributed by atoms with Crippen LogP contribution < -0.4 is 10.2 Å². The van der Waals surface area contributed by atoms with Crippen molar-refractivity contribution in [1.82, 2.24) is 5.43 Å². The number of hydrazone groups is 1. The molecule has 0 saturated carbocycles. The van der Waals surface area contributed by atoms with Gasteiger partial charge in [0.25, 0.3) is 11.6 Å². The van der Waals surface area contributed by atoms with Gasteiger partial charge in [0, 0.05) is 6.07 Å². The summed E-state index contributed by atoms with van der Waals surface area (Å²) in [7, 11) is 0. The molecule has 0 aliphatic heterocycles. The number of amides is 1. The number of nitro benzene ring substituents is 2. The summed E-state index contributed by atoms with van der Waals surface area (Å²) >= 11 is 0. The third-order valence-electron chi connectivity index (χ3n) is 3.96. The van der Waals surface area contributed by atoms with Crippen molar-refractivity contribution >= 4 is 23.5 Å². The first-order valence-electron chi connectivity index (χ1n) is 8.67. The standard InChI is InChI=1S/C20H14N4O7/c25-18-7-2-1-6-16(18)20(26)22-21-12-13-4-3-5-15(10-13)31-19-9-8-14(23(27)28)11-17(19)24(29)30/h1-12,25H,(H,22,26)/b21-12+. The van der Waals surface area contributed by atoms with Gasteiger partial charge in [-0.2, -0.15) is 5.10 Å². The second-order valence-corrected chi connectivity index (χ2v) is 6.06. The number of para-hydroxylation sites is 1. The molecule has 0 aromatic heterocycles. The minimum atomic E-state index is -0.776. The van der Waals surface area contributed by atoms with Gasteiger partial charge in [-0.3, -0.25) is 25.0 Å². The van der Waals surface area contributed by atoms with E-state index in [1.807, 2.05) is 0 Å². The van der Waals surface area contributed by atoms with E-state index in [1.54, 1.807) is 24.3 Å². The highest BCUT2D eigenvalue weighted by molar-refractivity contribution is 5.97. The van der Waals surface area contributed by atoms with E-state index in [-0.39, 0.29) is 22.8 Å². The van der Waals surface area contributed by atoms with Crippen molar-refractivity contribution in [2.24, 2.45) is 5.10 Å². The van der Waals surface area contributed by atoms with Crippen LogP contribution in [-0.4, -0.2) is 27.1 Å². The molecule has 1 amide bonds. The maximum absolute atomic E-state index is 12.0. The number of hydrogen-bond acceptors (Lipinski definition) is 8. The molecule has 0 unspecified atom stereocenters. The van der Waals surface area contributed by atoms with E-state index in [9.17, 15) is 30.1 Å². The van der Waals surface area contributed by atoms with Crippen molar-refractivity contribution < 1.29 is 24.5 Å². The number of carbonyl (C=O) groups excluding carboxylic acids is 1. The van der Waals surface area contributed by atoms with Gasteiger partial charge in [-0.05, 0) is 35.9 Å². The third kappa shape index (κ3) is 5.17. The van der Waals surface area contributed by atoms with Crippen LogP contribution in [0.2, 0.25) is 0 Å². The van der Waals surface area contributed by atoms with Gasteiger partial charge in [0.05, 0.1) is 27.7 Å². The number of phenols is 1. The van der Waals surface area contributed by atoms with Crippen molar-refractivity contribution in [1.29, 1.82) is 0 Å². The van der Waals surface area contributed by atoms with Crippen LogP contribution in [0, 0.1) is 20.2 Å². The molecule has 3 aromatic carbocycles. The van der Waals surface area contributed by atoms with Crippen LogP contribution >= 0.6 is 0 Å². The number of carbonyl (C=O) groups is 1. The van der Waals surface area contributed by atoms with Gasteiger partial charge in [-0.1, -0.05) is 24.3 Å². The van der Waals surface area contributed by atoms with E-state index >= 15 is 0 Å². The molecule has 11 nitrogen and oxygen atoms in total. The lowest BCUT2D eigenvalue weighted by atomic mass is 10.2. The summed E-state index contributed by atoms with van der Waals surface area (Å²) in [4.78, 5) is 32.6. The van der Waals surface area contributed by atoms with Gasteiger partial charge in [0.1, 0.15) is 11.5 Å². The summed E-state index contributed by atoms with van der Waals surface area (Å²) in [5, 5.41) is 35.5. The molecule has 2 N–H and O–H groups in total. The zero-order valence-electron chi connectivity index (χ0n) is 15.7. The number of non-ortho nitro benzene ring substituents is 1. The molecule has 0 aliphatic rings. The topological polar surface area (TPSA) is 157 Å². The zero-order valence-corrected chi connectivity index (χ0v) is 15.7. The first-order valence-corrected chi connectivity index (χ1v) is 8.67. The molecule has 156 valence electrons. The molecular weight excluding hydrogens is 408 g/mol. The van der Waals surface area contributed by atoms with E-state index in [1.165, 1.54) is 30.5 Å². The van der Waals surface area contributed by atoms with Gasteiger partial charge >= 0.3 is 5.69 Å². The third-order valence-corrected chi connectivity index (χ3v) is 3.96.